The largest absolute Gasteiger partial charge is 0.273 e. The smallest absolute Gasteiger partial charge is 0.240 e. The molecule has 0 spiro atoms. The topological polar surface area (TPSA) is 63.2 Å². The van der Waals surface area contributed by atoms with Crippen molar-refractivity contribution in [1.29, 1.82) is 0 Å². The van der Waals surface area contributed by atoms with Crippen LogP contribution in [0.4, 0.5) is 0 Å². The highest BCUT2D eigenvalue weighted by atomic mass is 32.2. The SMILES string of the molecule is CCCCCS(=O)(=O)NC(=O)C(C)c1ccsc1. The lowest BCUT2D eigenvalue weighted by Gasteiger charge is -2.11. The van der Waals surface area contributed by atoms with Crippen LogP contribution < -0.4 is 4.72 Å². The van der Waals surface area contributed by atoms with Crippen LogP contribution in [0.3, 0.4) is 0 Å². The highest BCUT2D eigenvalue weighted by molar-refractivity contribution is 7.90. The van der Waals surface area contributed by atoms with Crippen molar-refractivity contribution in [3.8, 4) is 0 Å². The van der Waals surface area contributed by atoms with Crippen LogP contribution in [0.15, 0.2) is 16.8 Å². The Morgan fingerprint density at radius 1 is 1.44 bits per heavy atom. The second-order valence-corrected chi connectivity index (χ2v) is 6.89. The van der Waals surface area contributed by atoms with Gasteiger partial charge in [-0.05, 0) is 35.7 Å². The molecule has 1 atom stereocenters. The maximum absolute atomic E-state index is 11.8. The zero-order valence-corrected chi connectivity index (χ0v) is 12.3. The minimum absolute atomic E-state index is 0.0168. The summed E-state index contributed by atoms with van der Waals surface area (Å²) >= 11 is 1.49. The number of carbonyl (C=O) groups is 1. The van der Waals surface area contributed by atoms with Crippen LogP contribution in [0.25, 0.3) is 0 Å². The van der Waals surface area contributed by atoms with E-state index < -0.39 is 21.8 Å². The van der Waals surface area contributed by atoms with E-state index in [1.54, 1.807) is 6.92 Å². The first-order chi connectivity index (χ1) is 8.46. The Morgan fingerprint density at radius 3 is 2.72 bits per heavy atom. The van der Waals surface area contributed by atoms with Crippen molar-refractivity contribution in [3.05, 3.63) is 22.4 Å². The Balaban J connectivity index is 2.53. The van der Waals surface area contributed by atoms with Gasteiger partial charge in [0.1, 0.15) is 0 Å². The van der Waals surface area contributed by atoms with E-state index in [1.807, 2.05) is 23.8 Å². The van der Waals surface area contributed by atoms with E-state index in [0.29, 0.717) is 6.42 Å². The third-order valence-corrected chi connectivity index (χ3v) is 4.75. The fourth-order valence-corrected chi connectivity index (χ4v) is 3.43. The van der Waals surface area contributed by atoms with Crippen LogP contribution >= 0.6 is 11.3 Å². The molecule has 1 aromatic rings. The number of nitrogens with one attached hydrogen (secondary N) is 1. The highest BCUT2D eigenvalue weighted by Crippen LogP contribution is 2.18. The van der Waals surface area contributed by atoms with Crippen LogP contribution in [0.5, 0.6) is 0 Å². The summed E-state index contributed by atoms with van der Waals surface area (Å²) in [5.41, 5.74) is 0.848. The lowest BCUT2D eigenvalue weighted by Crippen LogP contribution is -2.35. The normalized spacial score (nSPS) is 13.2. The third-order valence-electron chi connectivity index (χ3n) is 2.71. The molecule has 0 fully saturated rings. The molecule has 6 heteroatoms. The standard InChI is InChI=1S/C12H19NO3S2/c1-3-4-5-8-18(15,16)13-12(14)10(2)11-6-7-17-9-11/h6-7,9-10H,3-5,8H2,1-2H3,(H,13,14). The molecular weight excluding hydrogens is 270 g/mol. The average molecular weight is 289 g/mol. The maximum Gasteiger partial charge on any atom is 0.240 e. The summed E-state index contributed by atoms with van der Waals surface area (Å²) in [6.45, 7) is 3.71. The lowest BCUT2D eigenvalue weighted by atomic mass is 10.1. The predicted molar refractivity (Wildman–Crippen MR) is 74.2 cm³/mol. The van der Waals surface area contributed by atoms with Gasteiger partial charge in [0.2, 0.25) is 15.9 Å². The first kappa shape index (κ1) is 15.2. The van der Waals surface area contributed by atoms with Gasteiger partial charge in [-0.1, -0.05) is 19.8 Å². The molecule has 0 aliphatic carbocycles. The van der Waals surface area contributed by atoms with Gasteiger partial charge < -0.3 is 0 Å². The lowest BCUT2D eigenvalue weighted by molar-refractivity contribution is -0.120. The minimum atomic E-state index is -3.49. The number of amides is 1. The second kappa shape index (κ2) is 6.89. The van der Waals surface area contributed by atoms with Crippen molar-refractivity contribution < 1.29 is 13.2 Å². The summed E-state index contributed by atoms with van der Waals surface area (Å²) in [6.07, 6.45) is 2.40. The number of hydrogen-bond acceptors (Lipinski definition) is 4. The molecule has 102 valence electrons. The summed E-state index contributed by atoms with van der Waals surface area (Å²) < 4.78 is 25.5. The quantitative estimate of drug-likeness (QED) is 0.784. The summed E-state index contributed by atoms with van der Waals surface area (Å²) in [5, 5.41) is 3.73. The molecule has 0 aromatic carbocycles. The van der Waals surface area contributed by atoms with E-state index in [0.717, 1.165) is 18.4 Å². The van der Waals surface area contributed by atoms with Gasteiger partial charge in [-0.2, -0.15) is 11.3 Å². The molecule has 1 heterocycles. The van der Waals surface area contributed by atoms with Crippen molar-refractivity contribution in [2.75, 3.05) is 5.75 Å². The van der Waals surface area contributed by atoms with Crippen molar-refractivity contribution in [2.24, 2.45) is 0 Å². The number of carbonyl (C=O) groups excluding carboxylic acids is 1. The van der Waals surface area contributed by atoms with Gasteiger partial charge in [0, 0.05) is 0 Å². The Hall–Kier alpha value is -0.880. The van der Waals surface area contributed by atoms with Crippen molar-refractivity contribution in [3.63, 3.8) is 0 Å². The van der Waals surface area contributed by atoms with E-state index in [2.05, 4.69) is 4.72 Å². The molecule has 0 aliphatic heterocycles. The van der Waals surface area contributed by atoms with Crippen LogP contribution in [-0.4, -0.2) is 20.1 Å². The molecule has 1 N–H and O–H groups in total. The van der Waals surface area contributed by atoms with Gasteiger partial charge in [-0.25, -0.2) is 8.42 Å². The van der Waals surface area contributed by atoms with E-state index in [1.165, 1.54) is 11.3 Å². The van der Waals surface area contributed by atoms with E-state index >= 15 is 0 Å². The van der Waals surface area contributed by atoms with Crippen molar-refractivity contribution in [2.45, 2.75) is 39.0 Å². The van der Waals surface area contributed by atoms with E-state index in [9.17, 15) is 13.2 Å². The maximum atomic E-state index is 11.8. The van der Waals surface area contributed by atoms with E-state index in [-0.39, 0.29) is 5.75 Å². The van der Waals surface area contributed by atoms with Crippen LogP contribution in [0, 0.1) is 0 Å². The molecule has 1 unspecified atom stereocenters. The zero-order chi connectivity index (χ0) is 13.6. The average Bonchev–Trinajstić information content (AvgIpc) is 2.80. The molecule has 4 nitrogen and oxygen atoms in total. The van der Waals surface area contributed by atoms with Gasteiger partial charge in [0.25, 0.3) is 0 Å². The molecule has 0 radical (unpaired) electrons. The summed E-state index contributed by atoms with van der Waals surface area (Å²) in [4.78, 5) is 11.8. The number of sulfonamides is 1. The highest BCUT2D eigenvalue weighted by Gasteiger charge is 2.20. The number of rotatable bonds is 7. The van der Waals surface area contributed by atoms with Gasteiger partial charge in [0.05, 0.1) is 11.7 Å². The minimum Gasteiger partial charge on any atom is -0.273 e. The van der Waals surface area contributed by atoms with Gasteiger partial charge in [0.15, 0.2) is 0 Å². The Bertz CT molecular complexity index is 466. The number of thiophene rings is 1. The Labute approximate surface area is 112 Å². The second-order valence-electron chi connectivity index (χ2n) is 4.27. The Morgan fingerprint density at radius 2 is 2.17 bits per heavy atom. The van der Waals surface area contributed by atoms with Crippen molar-refractivity contribution in [1.82, 2.24) is 4.72 Å². The first-order valence-corrected chi connectivity index (χ1v) is 8.62. The summed E-state index contributed by atoms with van der Waals surface area (Å²) in [6, 6.07) is 1.83. The number of hydrogen-bond donors (Lipinski definition) is 1. The summed E-state index contributed by atoms with van der Waals surface area (Å²) in [5.74, 6) is -0.870. The zero-order valence-electron chi connectivity index (χ0n) is 10.7. The van der Waals surface area contributed by atoms with Crippen molar-refractivity contribution >= 4 is 27.3 Å². The third kappa shape index (κ3) is 4.78. The molecule has 0 bridgehead atoms. The van der Waals surface area contributed by atoms with Crippen LogP contribution in [0.2, 0.25) is 0 Å². The van der Waals surface area contributed by atoms with Gasteiger partial charge in [-0.3, -0.25) is 9.52 Å². The first-order valence-electron chi connectivity index (χ1n) is 6.02. The molecule has 1 amide bonds. The molecule has 0 saturated carbocycles. The van der Waals surface area contributed by atoms with Gasteiger partial charge in [-0.15, -0.1) is 0 Å². The fourth-order valence-electron chi connectivity index (χ4n) is 1.51. The molecular formula is C12H19NO3S2. The summed E-state index contributed by atoms with van der Waals surface area (Å²) in [7, 11) is -3.49. The molecule has 0 saturated heterocycles. The van der Waals surface area contributed by atoms with E-state index in [4.69, 9.17) is 0 Å². The monoisotopic (exact) mass is 289 g/mol. The number of unbranched alkanes of at least 4 members (excludes halogenated alkanes) is 2. The molecule has 1 aromatic heterocycles. The molecule has 18 heavy (non-hydrogen) atoms. The predicted octanol–water partition coefficient (Wildman–Crippen LogP) is 2.49. The fraction of sp³-hybridized carbons (Fsp3) is 0.583. The Kier molecular flexibility index (Phi) is 5.81. The van der Waals surface area contributed by atoms with Gasteiger partial charge >= 0.3 is 0 Å². The van der Waals surface area contributed by atoms with Crippen LogP contribution in [0.1, 0.15) is 44.6 Å². The molecule has 0 aliphatic rings. The van der Waals surface area contributed by atoms with Crippen LogP contribution in [-0.2, 0) is 14.8 Å². The molecule has 1 rings (SSSR count).